The number of aliphatic imine (C=N–C) groups is 1. The second kappa shape index (κ2) is 6.98. The van der Waals surface area contributed by atoms with E-state index >= 15 is 0 Å². The molecule has 0 aromatic heterocycles. The molecule has 0 amide bonds. The molecule has 0 saturated heterocycles. The van der Waals surface area contributed by atoms with Gasteiger partial charge in [0.15, 0.2) is 0 Å². The van der Waals surface area contributed by atoms with Crippen molar-refractivity contribution in [3.63, 3.8) is 0 Å². The van der Waals surface area contributed by atoms with Crippen molar-refractivity contribution < 1.29 is 18.0 Å². The molecule has 2 aromatic carbocycles. The van der Waals surface area contributed by atoms with Crippen molar-refractivity contribution in [2.24, 2.45) is 4.99 Å². The average Bonchev–Trinajstić information content (AvgIpc) is 2.38. The first kappa shape index (κ1) is 14.5. The van der Waals surface area contributed by atoms with Crippen molar-refractivity contribution in [3.05, 3.63) is 59.9 Å². The van der Waals surface area contributed by atoms with Crippen molar-refractivity contribution in [2.75, 3.05) is 5.73 Å². The van der Waals surface area contributed by atoms with Gasteiger partial charge in [-0.2, -0.15) is 4.99 Å². The number of nitrogens with two attached hydrogens (primary N) is 1. The summed E-state index contributed by atoms with van der Waals surface area (Å²) in [6.07, 6.45) is 1.36. The van der Waals surface area contributed by atoms with Crippen molar-refractivity contribution in [2.45, 2.75) is 0 Å². The molecule has 2 N–H and O–H groups in total. The number of nitrogens with zero attached hydrogens (tertiary/aromatic N) is 1. The highest BCUT2D eigenvalue weighted by molar-refractivity contribution is 5.48. The SMILES string of the molecule is Nc1ccc(F)cc1F.O=C=Nc1ccc(F)cc1. The highest BCUT2D eigenvalue weighted by atomic mass is 19.1. The summed E-state index contributed by atoms with van der Waals surface area (Å²) in [5.41, 5.74) is 5.43. The Labute approximate surface area is 107 Å². The minimum atomic E-state index is -0.713. The van der Waals surface area contributed by atoms with Crippen LogP contribution in [-0.2, 0) is 4.79 Å². The zero-order chi connectivity index (χ0) is 14.3. The summed E-state index contributed by atoms with van der Waals surface area (Å²) in [6, 6.07) is 8.31. The van der Waals surface area contributed by atoms with E-state index < -0.39 is 11.6 Å². The lowest BCUT2D eigenvalue weighted by atomic mass is 10.3. The van der Waals surface area contributed by atoms with Crippen LogP contribution in [0.15, 0.2) is 47.5 Å². The number of hydrogen-bond acceptors (Lipinski definition) is 3. The molecule has 0 aliphatic carbocycles. The number of carbonyl (C=O) groups excluding carboxylic acids is 1. The number of anilines is 1. The van der Waals surface area contributed by atoms with Crippen LogP contribution >= 0.6 is 0 Å². The van der Waals surface area contributed by atoms with Crippen LogP contribution in [0.5, 0.6) is 0 Å². The Hall–Kier alpha value is -2.59. The Bertz CT molecular complexity index is 593. The van der Waals surface area contributed by atoms with Crippen molar-refractivity contribution in [1.29, 1.82) is 0 Å². The smallest absolute Gasteiger partial charge is 0.240 e. The highest BCUT2D eigenvalue weighted by Gasteiger charge is 1.96. The third-order valence-electron chi connectivity index (χ3n) is 1.96. The maximum absolute atomic E-state index is 12.2. The molecule has 0 atom stereocenters. The third-order valence-corrected chi connectivity index (χ3v) is 1.96. The van der Waals surface area contributed by atoms with Gasteiger partial charge in [-0.3, -0.25) is 0 Å². The molecule has 0 radical (unpaired) electrons. The van der Waals surface area contributed by atoms with Crippen molar-refractivity contribution in [3.8, 4) is 0 Å². The minimum absolute atomic E-state index is 0.0311. The second-order valence-corrected chi connectivity index (χ2v) is 3.35. The molecule has 6 heteroatoms. The molecule has 0 fully saturated rings. The van der Waals surface area contributed by atoms with Gasteiger partial charge in [-0.05, 0) is 36.4 Å². The van der Waals surface area contributed by atoms with E-state index in [1.54, 1.807) is 0 Å². The first-order valence-electron chi connectivity index (χ1n) is 5.07. The molecular weight excluding hydrogens is 257 g/mol. The molecule has 0 heterocycles. The van der Waals surface area contributed by atoms with Gasteiger partial charge in [-0.15, -0.1) is 0 Å². The van der Waals surface area contributed by atoms with E-state index in [0.29, 0.717) is 5.69 Å². The maximum Gasteiger partial charge on any atom is 0.240 e. The standard InChI is InChI=1S/C7H4FNO.C6H5F2N/c8-6-1-3-7(4-2-6)9-5-10;7-4-1-2-6(9)5(8)3-4/h1-4H;1-3H,9H2. The van der Waals surface area contributed by atoms with Crippen LogP contribution in [0.2, 0.25) is 0 Å². The molecule has 0 unspecified atom stereocenters. The Balaban J connectivity index is 0.000000191. The van der Waals surface area contributed by atoms with E-state index in [9.17, 15) is 18.0 Å². The van der Waals surface area contributed by atoms with Gasteiger partial charge < -0.3 is 5.73 Å². The van der Waals surface area contributed by atoms with Gasteiger partial charge in [-0.1, -0.05) is 0 Å². The van der Waals surface area contributed by atoms with Crippen LogP contribution in [-0.4, -0.2) is 6.08 Å². The van der Waals surface area contributed by atoms with Gasteiger partial charge >= 0.3 is 0 Å². The summed E-state index contributed by atoms with van der Waals surface area (Å²) in [4.78, 5) is 12.9. The molecule has 0 aliphatic rings. The third kappa shape index (κ3) is 5.06. The Morgan fingerprint density at radius 3 is 2.00 bits per heavy atom. The van der Waals surface area contributed by atoms with Crippen LogP contribution in [0, 0.1) is 17.5 Å². The van der Waals surface area contributed by atoms with E-state index in [1.165, 1.54) is 36.4 Å². The molecule has 19 heavy (non-hydrogen) atoms. The summed E-state index contributed by atoms with van der Waals surface area (Å²) >= 11 is 0. The Morgan fingerprint density at radius 1 is 0.947 bits per heavy atom. The molecule has 0 saturated carbocycles. The number of halogens is 3. The predicted octanol–water partition coefficient (Wildman–Crippen LogP) is 3.34. The average molecular weight is 266 g/mol. The Kier molecular flexibility index (Phi) is 5.32. The fraction of sp³-hybridized carbons (Fsp3) is 0. The van der Waals surface area contributed by atoms with E-state index in [4.69, 9.17) is 5.73 Å². The summed E-state index contributed by atoms with van der Waals surface area (Å²) in [5, 5.41) is 0. The van der Waals surface area contributed by atoms with Crippen LogP contribution < -0.4 is 5.73 Å². The zero-order valence-corrected chi connectivity index (χ0v) is 9.61. The first-order chi connectivity index (χ1) is 9.02. The van der Waals surface area contributed by atoms with Crippen LogP contribution in [0.4, 0.5) is 24.5 Å². The minimum Gasteiger partial charge on any atom is -0.396 e. The first-order valence-corrected chi connectivity index (χ1v) is 5.07. The van der Waals surface area contributed by atoms with Gasteiger partial charge in [-0.25, -0.2) is 18.0 Å². The molecular formula is C13H9F3N2O. The van der Waals surface area contributed by atoms with Gasteiger partial charge in [0.2, 0.25) is 6.08 Å². The summed E-state index contributed by atoms with van der Waals surface area (Å²) < 4.78 is 36.5. The van der Waals surface area contributed by atoms with E-state index in [1.807, 2.05) is 0 Å². The molecule has 3 nitrogen and oxygen atoms in total. The molecule has 0 spiro atoms. The fourth-order valence-electron chi connectivity index (χ4n) is 1.07. The lowest BCUT2D eigenvalue weighted by Crippen LogP contribution is -1.89. The lowest BCUT2D eigenvalue weighted by molar-refractivity contribution is 0.565. The zero-order valence-electron chi connectivity index (χ0n) is 9.61. The fourth-order valence-corrected chi connectivity index (χ4v) is 1.07. The van der Waals surface area contributed by atoms with Crippen molar-refractivity contribution >= 4 is 17.5 Å². The van der Waals surface area contributed by atoms with Gasteiger partial charge in [0.1, 0.15) is 17.5 Å². The normalized spacial score (nSPS) is 9.00. The van der Waals surface area contributed by atoms with Crippen LogP contribution in [0.1, 0.15) is 0 Å². The summed E-state index contributed by atoms with van der Waals surface area (Å²) in [7, 11) is 0. The van der Waals surface area contributed by atoms with Gasteiger partial charge in [0.05, 0.1) is 11.4 Å². The largest absolute Gasteiger partial charge is 0.396 e. The molecule has 98 valence electrons. The van der Waals surface area contributed by atoms with E-state index in [2.05, 4.69) is 4.99 Å². The van der Waals surface area contributed by atoms with Crippen LogP contribution in [0.25, 0.3) is 0 Å². The summed E-state index contributed by atoms with van der Waals surface area (Å²) in [6.45, 7) is 0. The molecule has 0 bridgehead atoms. The molecule has 2 aromatic rings. The van der Waals surface area contributed by atoms with Gasteiger partial charge in [0.25, 0.3) is 0 Å². The number of isocyanates is 1. The topological polar surface area (TPSA) is 55.5 Å². The number of benzene rings is 2. The summed E-state index contributed by atoms with van der Waals surface area (Å²) in [5.74, 6) is -1.67. The quantitative estimate of drug-likeness (QED) is 0.489. The predicted molar refractivity (Wildman–Crippen MR) is 65.0 cm³/mol. The number of hydrogen-bond donors (Lipinski definition) is 1. The number of nitrogen functional groups attached to an aromatic ring is 1. The number of rotatable bonds is 1. The van der Waals surface area contributed by atoms with Crippen molar-refractivity contribution in [1.82, 2.24) is 0 Å². The lowest BCUT2D eigenvalue weighted by Gasteiger charge is -1.92. The molecule has 0 aliphatic heterocycles. The van der Waals surface area contributed by atoms with Crippen LogP contribution in [0.3, 0.4) is 0 Å². The monoisotopic (exact) mass is 266 g/mol. The van der Waals surface area contributed by atoms with Gasteiger partial charge in [0, 0.05) is 6.07 Å². The van der Waals surface area contributed by atoms with E-state index in [-0.39, 0.29) is 11.5 Å². The Morgan fingerprint density at radius 2 is 1.53 bits per heavy atom. The van der Waals surface area contributed by atoms with E-state index in [0.717, 1.165) is 12.1 Å². The second-order valence-electron chi connectivity index (χ2n) is 3.35. The maximum atomic E-state index is 12.2. The highest BCUT2D eigenvalue weighted by Crippen LogP contribution is 2.10. The molecule has 2 rings (SSSR count).